The molecule has 0 amide bonds. The number of rotatable bonds is 8. The van der Waals surface area contributed by atoms with Crippen molar-refractivity contribution in [3.05, 3.63) is 127 Å². The monoisotopic (exact) mass is 429 g/mol. The zero-order valence-corrected chi connectivity index (χ0v) is 19.5. The van der Waals surface area contributed by atoms with Gasteiger partial charge in [-0.05, 0) is 63.6 Å². The van der Waals surface area contributed by atoms with E-state index in [1.54, 1.807) is 0 Å². The van der Waals surface area contributed by atoms with Gasteiger partial charge in [0.1, 0.15) is 0 Å². The predicted octanol–water partition coefficient (Wildman–Crippen LogP) is 9.38. The lowest BCUT2D eigenvalue weighted by molar-refractivity contribution is 0.700. The molecule has 0 heterocycles. The first-order chi connectivity index (χ1) is 16.2. The quantitative estimate of drug-likeness (QED) is 0.275. The first-order valence-electron chi connectivity index (χ1n) is 11.6. The largest absolute Gasteiger partial charge is 0.356 e. The summed E-state index contributed by atoms with van der Waals surface area (Å²) in [5.41, 5.74) is 9.41. The standard InChI is InChI=1S/C32H31N/c1-4-24(3)22-25(5-2)27-14-16-29(17-15-27)30-12-9-13-32(23-30)33-31-20-18-28(19-21-31)26-10-7-6-8-11-26/h5-24,33H,2,4H2,1,3H3/b25-22+. The molecule has 4 aromatic carbocycles. The van der Waals surface area contributed by atoms with Crippen molar-refractivity contribution in [1.82, 2.24) is 0 Å². The molecule has 1 atom stereocenters. The normalized spacial score (nSPS) is 12.2. The second-order valence-electron chi connectivity index (χ2n) is 8.44. The van der Waals surface area contributed by atoms with Gasteiger partial charge in [0.15, 0.2) is 0 Å². The van der Waals surface area contributed by atoms with Crippen LogP contribution in [0.2, 0.25) is 0 Å². The molecule has 4 aromatic rings. The Hall–Kier alpha value is -3.84. The van der Waals surface area contributed by atoms with Crippen molar-refractivity contribution in [2.45, 2.75) is 20.3 Å². The van der Waals surface area contributed by atoms with Gasteiger partial charge >= 0.3 is 0 Å². The van der Waals surface area contributed by atoms with Crippen LogP contribution in [0.1, 0.15) is 25.8 Å². The molecule has 0 saturated carbocycles. The molecule has 0 aliphatic heterocycles. The van der Waals surface area contributed by atoms with E-state index in [1.165, 1.54) is 33.4 Å². The number of hydrogen-bond acceptors (Lipinski definition) is 1. The van der Waals surface area contributed by atoms with Gasteiger partial charge in [-0.2, -0.15) is 0 Å². The SMILES string of the molecule is C=C/C(=C\C(C)CC)c1ccc(-c2cccc(Nc3ccc(-c4ccccc4)cc3)c2)cc1. The molecule has 0 aliphatic rings. The van der Waals surface area contributed by atoms with Crippen molar-refractivity contribution in [3.8, 4) is 22.3 Å². The van der Waals surface area contributed by atoms with Crippen LogP contribution >= 0.6 is 0 Å². The van der Waals surface area contributed by atoms with Gasteiger partial charge in [0.2, 0.25) is 0 Å². The molecular formula is C32H31N. The second-order valence-corrected chi connectivity index (χ2v) is 8.44. The summed E-state index contributed by atoms with van der Waals surface area (Å²) in [6.07, 6.45) is 5.38. The Morgan fingerprint density at radius 2 is 1.33 bits per heavy atom. The third kappa shape index (κ3) is 5.70. The summed E-state index contributed by atoms with van der Waals surface area (Å²) in [6.45, 7) is 8.46. The molecule has 1 nitrogen and oxygen atoms in total. The van der Waals surface area contributed by atoms with Crippen LogP contribution in [0.4, 0.5) is 11.4 Å². The van der Waals surface area contributed by atoms with Crippen LogP contribution in [0.15, 0.2) is 122 Å². The van der Waals surface area contributed by atoms with Crippen LogP contribution in [-0.2, 0) is 0 Å². The Labute approximate surface area is 198 Å². The van der Waals surface area contributed by atoms with E-state index < -0.39 is 0 Å². The summed E-state index contributed by atoms with van der Waals surface area (Å²) in [6, 6.07) is 36.3. The molecule has 164 valence electrons. The molecule has 1 heteroatoms. The van der Waals surface area contributed by atoms with Gasteiger partial charge in [0, 0.05) is 11.4 Å². The maximum atomic E-state index is 4.00. The summed E-state index contributed by atoms with van der Waals surface area (Å²) < 4.78 is 0. The van der Waals surface area contributed by atoms with E-state index in [9.17, 15) is 0 Å². The molecule has 1 unspecified atom stereocenters. The van der Waals surface area contributed by atoms with E-state index in [0.717, 1.165) is 17.8 Å². The third-order valence-corrected chi connectivity index (χ3v) is 6.02. The fourth-order valence-electron chi connectivity index (χ4n) is 3.88. The average molecular weight is 430 g/mol. The first kappa shape index (κ1) is 22.4. The Morgan fingerprint density at radius 3 is 2.00 bits per heavy atom. The van der Waals surface area contributed by atoms with Crippen molar-refractivity contribution < 1.29 is 0 Å². The van der Waals surface area contributed by atoms with Crippen molar-refractivity contribution in [2.75, 3.05) is 5.32 Å². The molecule has 0 aromatic heterocycles. The molecule has 0 bridgehead atoms. The lowest BCUT2D eigenvalue weighted by atomic mass is 9.97. The van der Waals surface area contributed by atoms with Crippen molar-refractivity contribution in [2.24, 2.45) is 5.92 Å². The predicted molar refractivity (Wildman–Crippen MR) is 145 cm³/mol. The molecule has 1 N–H and O–H groups in total. The topological polar surface area (TPSA) is 12.0 Å². The number of nitrogens with one attached hydrogen (secondary N) is 1. The smallest absolute Gasteiger partial charge is 0.0390 e. The van der Waals surface area contributed by atoms with E-state index in [0.29, 0.717) is 5.92 Å². The lowest BCUT2D eigenvalue weighted by Gasteiger charge is -2.11. The maximum Gasteiger partial charge on any atom is 0.0390 e. The van der Waals surface area contributed by atoms with Crippen LogP contribution in [0, 0.1) is 5.92 Å². The van der Waals surface area contributed by atoms with Gasteiger partial charge in [-0.25, -0.2) is 0 Å². The van der Waals surface area contributed by atoms with Gasteiger partial charge in [-0.3, -0.25) is 0 Å². The van der Waals surface area contributed by atoms with E-state index in [4.69, 9.17) is 0 Å². The minimum Gasteiger partial charge on any atom is -0.356 e. The highest BCUT2D eigenvalue weighted by atomic mass is 14.9. The molecule has 33 heavy (non-hydrogen) atoms. The molecular weight excluding hydrogens is 398 g/mol. The van der Waals surface area contributed by atoms with E-state index >= 15 is 0 Å². The highest BCUT2D eigenvalue weighted by Crippen LogP contribution is 2.28. The molecule has 0 saturated heterocycles. The van der Waals surface area contributed by atoms with E-state index in [-0.39, 0.29) is 0 Å². The summed E-state index contributed by atoms with van der Waals surface area (Å²) in [5.74, 6) is 0.544. The van der Waals surface area contributed by atoms with Gasteiger partial charge in [0.05, 0.1) is 0 Å². The van der Waals surface area contributed by atoms with Crippen LogP contribution in [0.3, 0.4) is 0 Å². The van der Waals surface area contributed by atoms with Gasteiger partial charge in [-0.1, -0.05) is 118 Å². The van der Waals surface area contributed by atoms with E-state index in [2.05, 4.69) is 129 Å². The number of anilines is 2. The van der Waals surface area contributed by atoms with E-state index in [1.807, 2.05) is 12.1 Å². The van der Waals surface area contributed by atoms with Crippen LogP contribution in [0.5, 0.6) is 0 Å². The zero-order valence-electron chi connectivity index (χ0n) is 19.5. The first-order valence-corrected chi connectivity index (χ1v) is 11.6. The second kappa shape index (κ2) is 10.7. The van der Waals surface area contributed by atoms with Gasteiger partial charge in [0.25, 0.3) is 0 Å². The zero-order chi connectivity index (χ0) is 23.0. The minimum absolute atomic E-state index is 0.544. The number of allylic oxidation sites excluding steroid dienone is 3. The van der Waals surface area contributed by atoms with Crippen LogP contribution in [0.25, 0.3) is 27.8 Å². The van der Waals surface area contributed by atoms with Crippen molar-refractivity contribution in [1.29, 1.82) is 0 Å². The van der Waals surface area contributed by atoms with Crippen molar-refractivity contribution in [3.63, 3.8) is 0 Å². The van der Waals surface area contributed by atoms with Crippen LogP contribution in [-0.4, -0.2) is 0 Å². The highest BCUT2D eigenvalue weighted by Gasteiger charge is 2.04. The van der Waals surface area contributed by atoms with Crippen LogP contribution < -0.4 is 5.32 Å². The summed E-state index contributed by atoms with van der Waals surface area (Å²) in [4.78, 5) is 0. The summed E-state index contributed by atoms with van der Waals surface area (Å²) >= 11 is 0. The molecule has 4 rings (SSSR count). The fraction of sp³-hybridized carbons (Fsp3) is 0.125. The Kier molecular flexibility index (Phi) is 7.22. The van der Waals surface area contributed by atoms with Crippen molar-refractivity contribution >= 4 is 16.9 Å². The van der Waals surface area contributed by atoms with Gasteiger partial charge < -0.3 is 5.32 Å². The number of hydrogen-bond donors (Lipinski definition) is 1. The Bertz CT molecular complexity index is 1220. The molecule has 0 radical (unpaired) electrons. The van der Waals surface area contributed by atoms with Gasteiger partial charge in [-0.15, -0.1) is 0 Å². The molecule has 0 aliphatic carbocycles. The minimum atomic E-state index is 0.544. The number of benzene rings is 4. The lowest BCUT2D eigenvalue weighted by Crippen LogP contribution is -1.91. The summed E-state index contributed by atoms with van der Waals surface area (Å²) in [7, 11) is 0. The third-order valence-electron chi connectivity index (χ3n) is 6.02. The molecule has 0 spiro atoms. The Morgan fingerprint density at radius 1 is 0.727 bits per heavy atom. The molecule has 0 fully saturated rings. The summed E-state index contributed by atoms with van der Waals surface area (Å²) in [5, 5.41) is 3.54. The average Bonchev–Trinajstić information content (AvgIpc) is 2.88. The highest BCUT2D eigenvalue weighted by molar-refractivity contribution is 5.77. The Balaban J connectivity index is 1.50. The maximum absolute atomic E-state index is 4.00. The fourth-order valence-corrected chi connectivity index (χ4v) is 3.88.